The zero-order valence-corrected chi connectivity index (χ0v) is 66.2. The van der Waals surface area contributed by atoms with Crippen LogP contribution in [0.3, 0.4) is 0 Å². The van der Waals surface area contributed by atoms with Crippen molar-refractivity contribution in [2.45, 2.75) is 407 Å². The van der Waals surface area contributed by atoms with Crippen LogP contribution in [0, 0.1) is 17.8 Å². The normalized spacial score (nSPS) is 14.4. The minimum absolute atomic E-state index is 0.0851. The van der Waals surface area contributed by atoms with Crippen molar-refractivity contribution in [3.05, 3.63) is 24.3 Å². The lowest BCUT2D eigenvalue weighted by Crippen LogP contribution is -2.30. The van der Waals surface area contributed by atoms with E-state index in [4.69, 9.17) is 37.0 Å². The van der Waals surface area contributed by atoms with E-state index < -0.39 is 97.5 Å². The highest BCUT2D eigenvalue weighted by atomic mass is 31.2. The van der Waals surface area contributed by atoms with Gasteiger partial charge < -0.3 is 33.8 Å². The summed E-state index contributed by atoms with van der Waals surface area (Å²) in [7, 11) is -9.93. The van der Waals surface area contributed by atoms with E-state index in [0.717, 1.165) is 121 Å². The smallest absolute Gasteiger partial charge is 0.462 e. The zero-order valence-electron chi connectivity index (χ0n) is 64.4. The number of esters is 4. The molecule has 0 saturated heterocycles. The van der Waals surface area contributed by atoms with E-state index in [1.165, 1.54) is 180 Å². The highest BCUT2D eigenvalue weighted by molar-refractivity contribution is 7.47. The number of hydrogen-bond donors (Lipinski definition) is 3. The fourth-order valence-corrected chi connectivity index (χ4v) is 13.3. The summed E-state index contributed by atoms with van der Waals surface area (Å²) in [5, 5.41) is 10.6. The molecule has 0 aliphatic rings. The summed E-state index contributed by atoms with van der Waals surface area (Å²) in [6.45, 7) is 11.8. The number of carbonyl (C=O) groups excluding carboxylic acids is 4. The van der Waals surface area contributed by atoms with Gasteiger partial charge in [-0.3, -0.25) is 37.3 Å². The van der Waals surface area contributed by atoms with Crippen LogP contribution in [0.2, 0.25) is 0 Å². The molecule has 0 aromatic rings. The van der Waals surface area contributed by atoms with E-state index in [9.17, 15) is 43.2 Å². The van der Waals surface area contributed by atoms with E-state index in [1.807, 2.05) is 0 Å². The average Bonchev–Trinajstić information content (AvgIpc) is 1.12. The van der Waals surface area contributed by atoms with E-state index in [0.29, 0.717) is 31.6 Å². The first-order chi connectivity index (χ1) is 47.8. The molecule has 0 aliphatic heterocycles. The van der Waals surface area contributed by atoms with Crippen molar-refractivity contribution in [3.8, 4) is 0 Å². The molecule has 17 nitrogen and oxygen atoms in total. The first kappa shape index (κ1) is 96.5. The van der Waals surface area contributed by atoms with Crippen molar-refractivity contribution >= 4 is 39.5 Å². The van der Waals surface area contributed by atoms with Crippen molar-refractivity contribution in [2.24, 2.45) is 17.8 Å². The number of phosphoric acid groups is 2. The van der Waals surface area contributed by atoms with Crippen molar-refractivity contribution in [1.29, 1.82) is 0 Å². The lowest BCUT2D eigenvalue weighted by molar-refractivity contribution is -0.161. The van der Waals surface area contributed by atoms with E-state index in [-0.39, 0.29) is 25.7 Å². The minimum atomic E-state index is -4.97. The van der Waals surface area contributed by atoms with Crippen molar-refractivity contribution in [2.75, 3.05) is 39.6 Å². The van der Waals surface area contributed by atoms with Gasteiger partial charge in [0.05, 0.1) is 26.4 Å². The number of unbranched alkanes of at least 4 members (excludes halogenated alkanes) is 40. The number of carbonyl (C=O) groups is 4. The summed E-state index contributed by atoms with van der Waals surface area (Å²) in [5.74, 6) is 0.154. The van der Waals surface area contributed by atoms with Gasteiger partial charge in [0.1, 0.15) is 19.3 Å². The standard InChI is InChI=1S/C80H152O17P2/c1-8-10-11-12-13-14-15-16-21-26-29-35-40-49-56-63-79(84)96-75(67-90-77(82)61-54-47-39-34-28-25-23-20-18-17-19-22-24-27-32-37-44-51-58-71(3)4)69-94-98(86,87)92-65-74(81)66-93-99(88,89)95-70-76(68-91-78(83)62-55-48-43-42-45-52-59-72(5)6)97-80(85)64-57-50-41-36-31-30-33-38-46-53-60-73(7)9-2/h14-16,21,71-76,81H,8-13,17-20,22-70H2,1-7H3,(H,86,87)(H,88,89)/b15-14-,21-16-/t73?,74-,75-,76-/m1/s1. The van der Waals surface area contributed by atoms with Crippen LogP contribution in [-0.2, 0) is 65.4 Å². The van der Waals surface area contributed by atoms with Gasteiger partial charge in [0.2, 0.25) is 0 Å². The largest absolute Gasteiger partial charge is 0.472 e. The number of ether oxygens (including phenoxy) is 4. The molecule has 0 bridgehead atoms. The molecule has 0 heterocycles. The van der Waals surface area contributed by atoms with Crippen molar-refractivity contribution in [1.82, 2.24) is 0 Å². The molecule has 3 unspecified atom stereocenters. The lowest BCUT2D eigenvalue weighted by Gasteiger charge is -2.21. The summed E-state index contributed by atoms with van der Waals surface area (Å²) in [6, 6.07) is 0. The number of phosphoric ester groups is 2. The van der Waals surface area contributed by atoms with Crippen LogP contribution in [0.5, 0.6) is 0 Å². The van der Waals surface area contributed by atoms with Gasteiger partial charge in [0.25, 0.3) is 0 Å². The molecule has 99 heavy (non-hydrogen) atoms. The Morgan fingerprint density at radius 3 is 0.899 bits per heavy atom. The first-order valence-corrected chi connectivity index (χ1v) is 43.7. The fraction of sp³-hybridized carbons (Fsp3) is 0.900. The Balaban J connectivity index is 5.23. The predicted octanol–water partition coefficient (Wildman–Crippen LogP) is 23.3. The Labute approximate surface area is 605 Å². The second-order valence-electron chi connectivity index (χ2n) is 29.3. The zero-order chi connectivity index (χ0) is 73.0. The molecular formula is C80H152O17P2. The summed E-state index contributed by atoms with van der Waals surface area (Å²) < 4.78 is 68.6. The summed E-state index contributed by atoms with van der Waals surface area (Å²) in [4.78, 5) is 72.9. The van der Waals surface area contributed by atoms with Gasteiger partial charge >= 0.3 is 39.5 Å². The van der Waals surface area contributed by atoms with Gasteiger partial charge in [-0.1, -0.05) is 336 Å². The highest BCUT2D eigenvalue weighted by Crippen LogP contribution is 2.45. The summed E-state index contributed by atoms with van der Waals surface area (Å²) in [6.07, 6.45) is 60.7. The summed E-state index contributed by atoms with van der Waals surface area (Å²) in [5.41, 5.74) is 0. The highest BCUT2D eigenvalue weighted by Gasteiger charge is 2.30. The molecule has 584 valence electrons. The van der Waals surface area contributed by atoms with Crippen LogP contribution in [0.25, 0.3) is 0 Å². The number of aliphatic hydroxyl groups excluding tert-OH is 1. The van der Waals surface area contributed by atoms with E-state index in [2.05, 4.69) is 72.8 Å². The molecule has 0 spiro atoms. The Hall–Kier alpha value is -2.46. The quantitative estimate of drug-likeness (QED) is 0.0169. The Morgan fingerprint density at radius 2 is 0.596 bits per heavy atom. The average molecular weight is 1450 g/mol. The SMILES string of the molecule is CCCCCC/C=C\C=C/CCCCCCCC(=O)O[C@H](COC(=O)CCCCCCCCCCCCCCCCCCCCC(C)C)COP(=O)(O)OC[C@@H](O)COP(=O)(O)OC[C@@H](COC(=O)CCCCCCCCC(C)C)OC(=O)CCCCCCCCCCCCC(C)CC. The van der Waals surface area contributed by atoms with Crippen LogP contribution >= 0.6 is 15.6 Å². The Kier molecular flexibility index (Phi) is 68.1. The Morgan fingerprint density at radius 1 is 0.333 bits per heavy atom. The summed E-state index contributed by atoms with van der Waals surface area (Å²) >= 11 is 0. The number of rotatable bonds is 76. The third kappa shape index (κ3) is 72.3. The maximum absolute atomic E-state index is 13.1. The van der Waals surface area contributed by atoms with Crippen LogP contribution in [0.4, 0.5) is 0 Å². The maximum Gasteiger partial charge on any atom is 0.472 e. The fourth-order valence-electron chi connectivity index (χ4n) is 11.7. The van der Waals surface area contributed by atoms with Gasteiger partial charge in [-0.05, 0) is 69.1 Å². The number of hydrogen-bond acceptors (Lipinski definition) is 15. The first-order valence-electron chi connectivity index (χ1n) is 40.7. The second-order valence-corrected chi connectivity index (χ2v) is 32.2. The van der Waals surface area contributed by atoms with Crippen LogP contribution in [0.1, 0.15) is 389 Å². The van der Waals surface area contributed by atoms with Crippen LogP contribution < -0.4 is 0 Å². The lowest BCUT2D eigenvalue weighted by atomic mass is 9.99. The molecule has 0 rings (SSSR count). The van der Waals surface area contributed by atoms with Gasteiger partial charge in [-0.15, -0.1) is 0 Å². The molecule has 19 heteroatoms. The molecule has 0 fully saturated rings. The number of aliphatic hydroxyl groups is 1. The predicted molar refractivity (Wildman–Crippen MR) is 404 cm³/mol. The van der Waals surface area contributed by atoms with Gasteiger partial charge in [0.15, 0.2) is 12.2 Å². The third-order valence-corrected chi connectivity index (χ3v) is 20.3. The number of allylic oxidation sites excluding steroid dienone is 4. The van der Waals surface area contributed by atoms with Gasteiger partial charge in [-0.2, -0.15) is 0 Å². The van der Waals surface area contributed by atoms with Crippen molar-refractivity contribution in [3.63, 3.8) is 0 Å². The van der Waals surface area contributed by atoms with Crippen LogP contribution in [0.15, 0.2) is 24.3 Å². The molecule has 0 saturated carbocycles. The monoisotopic (exact) mass is 1450 g/mol. The van der Waals surface area contributed by atoms with Gasteiger partial charge in [-0.25, -0.2) is 9.13 Å². The topological polar surface area (TPSA) is 237 Å². The maximum atomic E-state index is 13.1. The third-order valence-electron chi connectivity index (χ3n) is 18.4. The molecule has 0 amide bonds. The molecule has 0 aromatic heterocycles. The molecule has 0 radical (unpaired) electrons. The van der Waals surface area contributed by atoms with Crippen LogP contribution in [-0.4, -0.2) is 96.7 Å². The molecule has 3 N–H and O–H groups in total. The second kappa shape index (κ2) is 69.9. The minimum Gasteiger partial charge on any atom is -0.462 e. The molecule has 0 aromatic carbocycles. The van der Waals surface area contributed by atoms with Gasteiger partial charge in [0, 0.05) is 25.7 Å². The Bertz CT molecular complexity index is 2020. The molecule has 6 atom stereocenters. The molecular weight excluding hydrogens is 1290 g/mol. The van der Waals surface area contributed by atoms with Crippen molar-refractivity contribution < 1.29 is 80.2 Å². The molecule has 0 aliphatic carbocycles. The van der Waals surface area contributed by atoms with E-state index in [1.54, 1.807) is 0 Å². The van der Waals surface area contributed by atoms with E-state index >= 15 is 0 Å².